The van der Waals surface area contributed by atoms with E-state index in [2.05, 4.69) is 44.5 Å². The predicted molar refractivity (Wildman–Crippen MR) is 118 cm³/mol. The van der Waals surface area contributed by atoms with Crippen molar-refractivity contribution >= 4 is 23.6 Å². The van der Waals surface area contributed by atoms with Crippen LogP contribution in [-0.4, -0.2) is 51.6 Å². The molecule has 0 unspecified atom stereocenters. The van der Waals surface area contributed by atoms with Crippen molar-refractivity contribution in [3.63, 3.8) is 0 Å². The first-order valence-electron chi connectivity index (χ1n) is 10.2. The predicted octanol–water partition coefficient (Wildman–Crippen LogP) is 1.99. The first-order chi connectivity index (χ1) is 14.4. The van der Waals surface area contributed by atoms with Crippen molar-refractivity contribution in [1.29, 1.82) is 0 Å². The molecule has 0 aliphatic carbocycles. The molecule has 0 radical (unpaired) electrons. The fraction of sp³-hybridized carbons (Fsp3) is 0.455. The summed E-state index contributed by atoms with van der Waals surface area (Å²) >= 11 is 1.23. The van der Waals surface area contributed by atoms with E-state index < -0.39 is 5.91 Å². The number of amides is 2. The highest BCUT2D eigenvalue weighted by molar-refractivity contribution is 7.99. The van der Waals surface area contributed by atoms with Gasteiger partial charge >= 0.3 is 0 Å². The van der Waals surface area contributed by atoms with Crippen LogP contribution in [0.5, 0.6) is 0 Å². The molecule has 30 heavy (non-hydrogen) atoms. The zero-order chi connectivity index (χ0) is 21.5. The number of likely N-dealkylation sites (tertiary alicyclic amines) is 1. The molecule has 3 N–H and O–H groups in total. The topological polar surface area (TPSA) is 101 Å². The molecule has 2 heterocycles. The Kier molecular flexibility index (Phi) is 7.81. The van der Waals surface area contributed by atoms with E-state index in [0.717, 1.165) is 43.0 Å². The highest BCUT2D eigenvalue weighted by Crippen LogP contribution is 2.19. The number of aromatic nitrogens is 2. The molecule has 1 aliphatic rings. The Bertz CT molecular complexity index is 867. The number of carbonyl (C=O) groups is 2. The lowest BCUT2D eigenvalue weighted by molar-refractivity contribution is -0.121. The molecule has 0 spiro atoms. The summed E-state index contributed by atoms with van der Waals surface area (Å²) in [5.74, 6) is -0.176. The van der Waals surface area contributed by atoms with Crippen molar-refractivity contribution in [2.75, 3.05) is 18.8 Å². The van der Waals surface area contributed by atoms with E-state index in [1.54, 1.807) is 0 Å². The molecule has 2 aromatic rings. The minimum Gasteiger partial charge on any atom is -0.369 e. The number of hydrogen-bond donors (Lipinski definition) is 2. The van der Waals surface area contributed by atoms with Gasteiger partial charge in [-0.2, -0.15) is 0 Å². The summed E-state index contributed by atoms with van der Waals surface area (Å²) in [5, 5.41) is 3.71. The number of hydrogen-bond acceptors (Lipinski definition) is 6. The number of benzene rings is 1. The largest absolute Gasteiger partial charge is 0.369 e. The molecule has 7 nitrogen and oxygen atoms in total. The first kappa shape index (κ1) is 22.2. The van der Waals surface area contributed by atoms with E-state index in [-0.39, 0.29) is 17.7 Å². The van der Waals surface area contributed by atoms with Gasteiger partial charge in [0.1, 0.15) is 0 Å². The monoisotopic (exact) mass is 427 g/mol. The number of rotatable bonds is 9. The van der Waals surface area contributed by atoms with Gasteiger partial charge in [0, 0.05) is 43.5 Å². The third-order valence-electron chi connectivity index (χ3n) is 5.23. The normalized spacial score (nSPS) is 16.5. The average Bonchev–Trinajstić information content (AvgIpc) is 3.13. The number of nitrogens with zero attached hydrogens (tertiary/aromatic N) is 3. The van der Waals surface area contributed by atoms with Gasteiger partial charge in [0.2, 0.25) is 11.8 Å². The molecule has 1 saturated heterocycles. The molecular weight excluding hydrogens is 398 g/mol. The Labute approximate surface area is 181 Å². The zero-order valence-corrected chi connectivity index (χ0v) is 18.4. The number of nitrogens with two attached hydrogens (primary N) is 1. The van der Waals surface area contributed by atoms with Gasteiger partial charge in [0.25, 0.3) is 0 Å². The molecule has 1 fully saturated rings. The van der Waals surface area contributed by atoms with E-state index in [1.165, 1.54) is 17.3 Å². The number of carbonyl (C=O) groups excluding carboxylic acids is 2. The fourth-order valence-electron chi connectivity index (χ4n) is 3.74. The van der Waals surface area contributed by atoms with Gasteiger partial charge in [-0.05, 0) is 37.8 Å². The molecular formula is C22H29N5O2S. The maximum atomic E-state index is 12.5. The standard InChI is InChI=1S/C22H29N5O2S/c1-15-19(16(2)25-22(24-15)30-14-20(23)28)8-9-21(29)26-18-10-11-27(13-18)12-17-6-4-3-5-7-17/h3-7,18H,8-14H2,1-2H3,(H2,23,28)(H,26,29)/t18-/m0/s1. The lowest BCUT2D eigenvalue weighted by Gasteiger charge is -2.17. The maximum Gasteiger partial charge on any atom is 0.227 e. The maximum absolute atomic E-state index is 12.5. The van der Waals surface area contributed by atoms with Gasteiger partial charge in [0.05, 0.1) is 5.75 Å². The van der Waals surface area contributed by atoms with Crippen molar-refractivity contribution in [2.24, 2.45) is 5.73 Å². The first-order valence-corrected chi connectivity index (χ1v) is 11.2. The van der Waals surface area contributed by atoms with Crippen LogP contribution < -0.4 is 11.1 Å². The van der Waals surface area contributed by atoms with Crippen molar-refractivity contribution in [2.45, 2.75) is 50.9 Å². The summed E-state index contributed by atoms with van der Waals surface area (Å²) in [6.45, 7) is 6.62. The minimum atomic E-state index is -0.395. The van der Waals surface area contributed by atoms with Gasteiger partial charge in [-0.15, -0.1) is 0 Å². The summed E-state index contributed by atoms with van der Waals surface area (Å²) in [6.07, 6.45) is 1.99. The van der Waals surface area contributed by atoms with Crippen molar-refractivity contribution in [3.8, 4) is 0 Å². The second kappa shape index (κ2) is 10.5. The van der Waals surface area contributed by atoms with Gasteiger partial charge < -0.3 is 11.1 Å². The Morgan fingerprint density at radius 2 is 1.90 bits per heavy atom. The number of nitrogens with one attached hydrogen (secondary N) is 1. The van der Waals surface area contributed by atoms with Crippen molar-refractivity contribution in [1.82, 2.24) is 20.2 Å². The van der Waals surface area contributed by atoms with Gasteiger partial charge in [-0.25, -0.2) is 9.97 Å². The SMILES string of the molecule is Cc1nc(SCC(N)=O)nc(C)c1CCC(=O)N[C@H]1CCN(Cc2ccccc2)C1. The summed E-state index contributed by atoms with van der Waals surface area (Å²) in [6, 6.07) is 10.6. The number of primary amides is 1. The zero-order valence-electron chi connectivity index (χ0n) is 17.6. The Balaban J connectivity index is 1.46. The van der Waals surface area contributed by atoms with Gasteiger partial charge in [-0.3, -0.25) is 14.5 Å². The highest BCUT2D eigenvalue weighted by Gasteiger charge is 2.24. The lowest BCUT2D eigenvalue weighted by atomic mass is 10.1. The van der Waals surface area contributed by atoms with Crippen LogP contribution in [0.25, 0.3) is 0 Å². The van der Waals surface area contributed by atoms with E-state index in [9.17, 15) is 9.59 Å². The number of thioether (sulfide) groups is 1. The van der Waals surface area contributed by atoms with Crippen LogP contribution in [0.2, 0.25) is 0 Å². The fourth-order valence-corrected chi connectivity index (χ4v) is 4.42. The quantitative estimate of drug-likeness (QED) is 0.469. The number of aryl methyl sites for hydroxylation is 2. The van der Waals surface area contributed by atoms with Crippen molar-refractivity contribution < 1.29 is 9.59 Å². The third-order valence-corrected chi connectivity index (χ3v) is 6.10. The molecule has 0 bridgehead atoms. The van der Waals surface area contributed by atoms with E-state index >= 15 is 0 Å². The van der Waals surface area contributed by atoms with Crippen LogP contribution in [0, 0.1) is 13.8 Å². The Morgan fingerprint density at radius 1 is 1.20 bits per heavy atom. The summed E-state index contributed by atoms with van der Waals surface area (Å²) in [7, 11) is 0. The second-order valence-electron chi connectivity index (χ2n) is 7.68. The van der Waals surface area contributed by atoms with Crippen LogP contribution in [-0.2, 0) is 22.6 Å². The highest BCUT2D eigenvalue weighted by atomic mass is 32.2. The van der Waals surface area contributed by atoms with Gasteiger partial charge in [-0.1, -0.05) is 42.1 Å². The molecule has 3 rings (SSSR count). The molecule has 1 aromatic carbocycles. The van der Waals surface area contributed by atoms with E-state index in [1.807, 2.05) is 19.9 Å². The molecule has 1 atom stereocenters. The average molecular weight is 428 g/mol. The molecule has 8 heteroatoms. The van der Waals surface area contributed by atoms with Crippen molar-refractivity contribution in [3.05, 3.63) is 52.8 Å². The summed E-state index contributed by atoms with van der Waals surface area (Å²) in [4.78, 5) is 34.7. The molecule has 1 aliphatic heterocycles. The third kappa shape index (κ3) is 6.53. The summed E-state index contributed by atoms with van der Waals surface area (Å²) < 4.78 is 0. The van der Waals surface area contributed by atoms with Gasteiger partial charge in [0.15, 0.2) is 5.16 Å². The lowest BCUT2D eigenvalue weighted by Crippen LogP contribution is -2.37. The Morgan fingerprint density at radius 3 is 2.57 bits per heavy atom. The second-order valence-corrected chi connectivity index (χ2v) is 8.63. The van der Waals surface area contributed by atoms with Crippen LogP contribution in [0.4, 0.5) is 0 Å². The van der Waals surface area contributed by atoms with Crippen LogP contribution in [0.3, 0.4) is 0 Å². The molecule has 1 aromatic heterocycles. The van der Waals surface area contributed by atoms with Crippen LogP contribution in [0.1, 0.15) is 35.4 Å². The minimum absolute atomic E-state index is 0.0625. The van der Waals surface area contributed by atoms with E-state index in [4.69, 9.17) is 5.73 Å². The summed E-state index contributed by atoms with van der Waals surface area (Å²) in [5.41, 5.74) is 9.16. The smallest absolute Gasteiger partial charge is 0.227 e. The van der Waals surface area contributed by atoms with Crippen LogP contribution in [0.15, 0.2) is 35.5 Å². The van der Waals surface area contributed by atoms with Crippen LogP contribution >= 0.6 is 11.8 Å². The Hall–Kier alpha value is -2.45. The van der Waals surface area contributed by atoms with E-state index in [0.29, 0.717) is 18.0 Å². The molecule has 160 valence electrons. The molecule has 0 saturated carbocycles. The molecule has 2 amide bonds.